The molecule has 15 heavy (non-hydrogen) atoms. The Morgan fingerprint density at radius 3 is 2.73 bits per heavy atom. The lowest BCUT2D eigenvalue weighted by atomic mass is 10.2. The highest BCUT2D eigenvalue weighted by molar-refractivity contribution is 5.84. The average molecular weight is 204 g/mol. The van der Waals surface area contributed by atoms with Crippen LogP contribution < -0.4 is 5.32 Å². The van der Waals surface area contributed by atoms with E-state index in [2.05, 4.69) is 5.32 Å². The standard InChI is InChI=1S/C11H12N2O2/c1-9-3-5-10(6-4-9)13-11(14)15-8-2-7-12/h3-6H,2,8H2,1H3,(H,13,14). The number of ether oxygens (including phenoxy) is 1. The van der Waals surface area contributed by atoms with Crippen LogP contribution >= 0.6 is 0 Å². The topological polar surface area (TPSA) is 62.1 Å². The molecule has 0 aliphatic rings. The molecule has 0 spiro atoms. The van der Waals surface area contributed by atoms with Crippen LogP contribution in [0.4, 0.5) is 10.5 Å². The summed E-state index contributed by atoms with van der Waals surface area (Å²) < 4.78 is 4.74. The summed E-state index contributed by atoms with van der Waals surface area (Å²) >= 11 is 0. The molecule has 0 saturated carbocycles. The number of carbonyl (C=O) groups excluding carboxylic acids is 1. The summed E-state index contributed by atoms with van der Waals surface area (Å²) in [5, 5.41) is 10.8. The van der Waals surface area contributed by atoms with Crippen molar-refractivity contribution in [2.75, 3.05) is 11.9 Å². The Kier molecular flexibility index (Phi) is 4.17. The van der Waals surface area contributed by atoms with Crippen LogP contribution in [0.5, 0.6) is 0 Å². The summed E-state index contributed by atoms with van der Waals surface area (Å²) in [6.45, 7) is 2.09. The van der Waals surface area contributed by atoms with Crippen molar-refractivity contribution in [1.29, 1.82) is 5.26 Å². The van der Waals surface area contributed by atoms with E-state index in [0.29, 0.717) is 5.69 Å². The van der Waals surface area contributed by atoms with E-state index in [-0.39, 0.29) is 13.0 Å². The van der Waals surface area contributed by atoms with E-state index < -0.39 is 6.09 Å². The monoisotopic (exact) mass is 204 g/mol. The fraction of sp³-hybridized carbons (Fsp3) is 0.273. The quantitative estimate of drug-likeness (QED) is 0.769. The number of nitriles is 1. The highest BCUT2D eigenvalue weighted by atomic mass is 16.5. The van der Waals surface area contributed by atoms with Gasteiger partial charge >= 0.3 is 6.09 Å². The first-order chi connectivity index (χ1) is 7.22. The number of anilines is 1. The van der Waals surface area contributed by atoms with Crippen molar-refractivity contribution in [3.63, 3.8) is 0 Å². The molecule has 4 heteroatoms. The highest BCUT2D eigenvalue weighted by Gasteiger charge is 2.01. The summed E-state index contributed by atoms with van der Waals surface area (Å²) in [5.74, 6) is 0. The van der Waals surface area contributed by atoms with E-state index in [4.69, 9.17) is 10.00 Å². The van der Waals surface area contributed by atoms with Crippen molar-refractivity contribution >= 4 is 11.8 Å². The first kappa shape index (κ1) is 11.1. The highest BCUT2D eigenvalue weighted by Crippen LogP contribution is 2.08. The van der Waals surface area contributed by atoms with E-state index in [0.717, 1.165) is 5.56 Å². The van der Waals surface area contributed by atoms with Crippen molar-refractivity contribution in [3.8, 4) is 6.07 Å². The van der Waals surface area contributed by atoms with Gasteiger partial charge in [0.05, 0.1) is 12.5 Å². The molecule has 0 fully saturated rings. The van der Waals surface area contributed by atoms with Crippen LogP contribution in [0.25, 0.3) is 0 Å². The van der Waals surface area contributed by atoms with Crippen LogP contribution in [0, 0.1) is 18.3 Å². The van der Waals surface area contributed by atoms with Crippen LogP contribution in [-0.2, 0) is 4.74 Å². The molecule has 0 saturated heterocycles. The molecule has 0 bridgehead atoms. The SMILES string of the molecule is Cc1ccc(NC(=O)OCCC#N)cc1. The second-order valence-electron chi connectivity index (χ2n) is 3.04. The minimum Gasteiger partial charge on any atom is -0.448 e. The average Bonchev–Trinajstić information content (AvgIpc) is 2.22. The molecule has 0 aromatic heterocycles. The first-order valence-electron chi connectivity index (χ1n) is 4.60. The molecular formula is C11H12N2O2. The molecule has 1 amide bonds. The Morgan fingerprint density at radius 2 is 2.13 bits per heavy atom. The predicted octanol–water partition coefficient (Wildman–Crippen LogP) is 2.46. The third-order valence-corrected chi connectivity index (χ3v) is 1.74. The summed E-state index contributed by atoms with van der Waals surface area (Å²) in [6.07, 6.45) is -0.324. The van der Waals surface area contributed by atoms with Gasteiger partial charge in [0.1, 0.15) is 6.61 Å². The summed E-state index contributed by atoms with van der Waals surface area (Å²) in [7, 11) is 0. The molecule has 78 valence electrons. The molecular weight excluding hydrogens is 192 g/mol. The molecule has 4 nitrogen and oxygen atoms in total. The lowest BCUT2D eigenvalue weighted by Crippen LogP contribution is -2.14. The van der Waals surface area contributed by atoms with Gasteiger partial charge in [0, 0.05) is 5.69 Å². The Labute approximate surface area is 88.5 Å². The number of amides is 1. The first-order valence-corrected chi connectivity index (χ1v) is 4.60. The van der Waals surface area contributed by atoms with Gasteiger partial charge in [-0.2, -0.15) is 5.26 Å². The Morgan fingerprint density at radius 1 is 1.47 bits per heavy atom. The zero-order valence-corrected chi connectivity index (χ0v) is 8.49. The maximum Gasteiger partial charge on any atom is 0.411 e. The molecule has 0 aliphatic heterocycles. The summed E-state index contributed by atoms with van der Waals surface area (Å²) in [4.78, 5) is 11.1. The van der Waals surface area contributed by atoms with E-state index in [9.17, 15) is 4.79 Å². The molecule has 1 aromatic rings. The van der Waals surface area contributed by atoms with Gasteiger partial charge in [0.15, 0.2) is 0 Å². The van der Waals surface area contributed by atoms with Crippen molar-refractivity contribution in [1.82, 2.24) is 0 Å². The van der Waals surface area contributed by atoms with Crippen LogP contribution in [-0.4, -0.2) is 12.7 Å². The molecule has 0 unspecified atom stereocenters. The molecule has 1 aromatic carbocycles. The van der Waals surface area contributed by atoms with E-state index in [1.165, 1.54) is 0 Å². The largest absolute Gasteiger partial charge is 0.448 e. The summed E-state index contributed by atoms with van der Waals surface area (Å²) in [6, 6.07) is 9.26. The van der Waals surface area contributed by atoms with Gasteiger partial charge in [-0.25, -0.2) is 4.79 Å². The predicted molar refractivity (Wildman–Crippen MR) is 56.4 cm³/mol. The lowest BCUT2D eigenvalue weighted by molar-refractivity contribution is 0.164. The molecule has 0 heterocycles. The molecule has 1 N–H and O–H groups in total. The Hall–Kier alpha value is -2.02. The van der Waals surface area contributed by atoms with Crippen molar-refractivity contribution in [2.45, 2.75) is 13.3 Å². The van der Waals surface area contributed by atoms with E-state index >= 15 is 0 Å². The van der Waals surface area contributed by atoms with E-state index in [1.807, 2.05) is 25.1 Å². The number of rotatable bonds is 3. The molecule has 1 rings (SSSR count). The maximum absolute atomic E-state index is 11.1. The lowest BCUT2D eigenvalue weighted by Gasteiger charge is -2.05. The zero-order chi connectivity index (χ0) is 11.1. The second kappa shape index (κ2) is 5.66. The van der Waals surface area contributed by atoms with Gasteiger partial charge in [0.2, 0.25) is 0 Å². The minimum atomic E-state index is -0.533. The van der Waals surface area contributed by atoms with Crippen molar-refractivity contribution in [3.05, 3.63) is 29.8 Å². The molecule has 0 radical (unpaired) electrons. The van der Waals surface area contributed by atoms with Gasteiger partial charge in [0.25, 0.3) is 0 Å². The second-order valence-corrected chi connectivity index (χ2v) is 3.04. The van der Waals surface area contributed by atoms with Crippen LogP contribution in [0.1, 0.15) is 12.0 Å². The summed E-state index contributed by atoms with van der Waals surface area (Å²) in [5.41, 5.74) is 1.81. The number of hydrogen-bond donors (Lipinski definition) is 1. The number of carbonyl (C=O) groups is 1. The Balaban J connectivity index is 2.38. The number of hydrogen-bond acceptors (Lipinski definition) is 3. The fourth-order valence-electron chi connectivity index (χ4n) is 0.980. The van der Waals surface area contributed by atoms with Crippen LogP contribution in [0.2, 0.25) is 0 Å². The molecule has 0 aliphatic carbocycles. The normalized spacial score (nSPS) is 9.07. The van der Waals surface area contributed by atoms with Crippen LogP contribution in [0.15, 0.2) is 24.3 Å². The van der Waals surface area contributed by atoms with Crippen LogP contribution in [0.3, 0.4) is 0 Å². The van der Waals surface area contributed by atoms with Gasteiger partial charge in [-0.15, -0.1) is 0 Å². The Bertz CT molecular complexity index is 365. The van der Waals surface area contributed by atoms with Gasteiger partial charge in [-0.1, -0.05) is 17.7 Å². The number of aryl methyl sites for hydroxylation is 1. The molecule has 0 atom stereocenters. The smallest absolute Gasteiger partial charge is 0.411 e. The van der Waals surface area contributed by atoms with E-state index in [1.54, 1.807) is 12.1 Å². The third kappa shape index (κ3) is 4.14. The number of benzene rings is 1. The van der Waals surface area contributed by atoms with Gasteiger partial charge < -0.3 is 4.74 Å². The maximum atomic E-state index is 11.1. The van der Waals surface area contributed by atoms with Crippen molar-refractivity contribution < 1.29 is 9.53 Å². The zero-order valence-electron chi connectivity index (χ0n) is 8.49. The number of nitrogens with one attached hydrogen (secondary N) is 1. The minimum absolute atomic E-state index is 0.119. The van der Waals surface area contributed by atoms with Gasteiger partial charge in [-0.3, -0.25) is 5.32 Å². The third-order valence-electron chi connectivity index (χ3n) is 1.74. The number of nitrogens with zero attached hydrogens (tertiary/aromatic N) is 1. The van der Waals surface area contributed by atoms with Gasteiger partial charge in [-0.05, 0) is 19.1 Å². The van der Waals surface area contributed by atoms with Crippen molar-refractivity contribution in [2.24, 2.45) is 0 Å². The fourth-order valence-corrected chi connectivity index (χ4v) is 0.980.